The Morgan fingerprint density at radius 1 is 0.806 bits per heavy atom. The van der Waals surface area contributed by atoms with Crippen LogP contribution in [-0.4, -0.2) is 4.98 Å². The summed E-state index contributed by atoms with van der Waals surface area (Å²) in [7, 11) is 1.79. The standard InChI is InChI=1S/C31H21FN3O/c1-19-8-14-24-25-15-13-23(16-33)29(22-11-9-21(10-12-22)20-6-4-3-5-7-20)31(25)36-30(24)28(19)26-17-34-27(32)18-35(26)2/h3-15,17-18H,1-2H3/q+1. The summed E-state index contributed by atoms with van der Waals surface area (Å²) in [5, 5.41) is 11.8. The Kier molecular flexibility index (Phi) is 5.09. The Balaban J connectivity index is 1.61. The Labute approximate surface area is 207 Å². The summed E-state index contributed by atoms with van der Waals surface area (Å²) < 4.78 is 22.0. The molecule has 4 aromatic carbocycles. The zero-order valence-corrected chi connectivity index (χ0v) is 19.8. The maximum Gasteiger partial charge on any atom is 0.277 e. The molecule has 0 aliphatic heterocycles. The number of fused-ring (bicyclic) bond motifs is 3. The minimum atomic E-state index is -0.546. The van der Waals surface area contributed by atoms with Crippen molar-refractivity contribution >= 4 is 21.9 Å². The number of aryl methyl sites for hydroxylation is 2. The molecule has 0 aliphatic rings. The van der Waals surface area contributed by atoms with Crippen LogP contribution < -0.4 is 4.57 Å². The van der Waals surface area contributed by atoms with Gasteiger partial charge in [0, 0.05) is 16.3 Å². The van der Waals surface area contributed by atoms with Gasteiger partial charge in [0.25, 0.3) is 5.95 Å². The molecule has 0 radical (unpaired) electrons. The van der Waals surface area contributed by atoms with E-state index in [2.05, 4.69) is 35.3 Å². The normalized spacial score (nSPS) is 11.2. The van der Waals surface area contributed by atoms with E-state index < -0.39 is 5.95 Å². The van der Waals surface area contributed by atoms with Crippen LogP contribution in [0.4, 0.5) is 4.39 Å². The molecule has 0 spiro atoms. The van der Waals surface area contributed by atoms with Gasteiger partial charge < -0.3 is 4.42 Å². The minimum Gasteiger partial charge on any atom is -0.454 e. The molecule has 5 heteroatoms. The van der Waals surface area contributed by atoms with E-state index in [0.717, 1.165) is 49.8 Å². The summed E-state index contributed by atoms with van der Waals surface area (Å²) in [6, 6.07) is 28.5. The Bertz CT molecular complexity index is 1810. The average molecular weight is 471 g/mol. The molecule has 0 amide bonds. The predicted octanol–water partition coefficient (Wildman–Crippen LogP) is 7.13. The van der Waals surface area contributed by atoms with Crippen molar-refractivity contribution in [2.24, 2.45) is 7.05 Å². The smallest absolute Gasteiger partial charge is 0.277 e. The van der Waals surface area contributed by atoms with E-state index in [0.29, 0.717) is 16.7 Å². The first-order valence-electron chi connectivity index (χ1n) is 11.6. The number of aromatic nitrogens is 2. The highest BCUT2D eigenvalue weighted by Gasteiger charge is 2.23. The van der Waals surface area contributed by atoms with E-state index in [-0.39, 0.29) is 0 Å². The Morgan fingerprint density at radius 3 is 2.14 bits per heavy atom. The molecule has 0 bridgehead atoms. The van der Waals surface area contributed by atoms with E-state index in [4.69, 9.17) is 4.42 Å². The molecule has 6 aromatic rings. The number of hydrogen-bond acceptors (Lipinski definition) is 3. The van der Waals surface area contributed by atoms with Crippen LogP contribution >= 0.6 is 0 Å². The van der Waals surface area contributed by atoms with Crippen molar-refractivity contribution in [3.63, 3.8) is 0 Å². The lowest BCUT2D eigenvalue weighted by atomic mass is 9.95. The fourth-order valence-electron chi connectivity index (χ4n) is 4.88. The lowest BCUT2D eigenvalue weighted by molar-refractivity contribution is -0.662. The molecule has 172 valence electrons. The van der Waals surface area contributed by atoms with Crippen LogP contribution in [0, 0.1) is 24.2 Å². The summed E-state index contributed by atoms with van der Waals surface area (Å²) in [5.41, 5.74) is 8.36. The molecule has 0 aliphatic carbocycles. The van der Waals surface area contributed by atoms with Crippen LogP contribution in [0.2, 0.25) is 0 Å². The molecule has 0 saturated carbocycles. The van der Waals surface area contributed by atoms with Gasteiger partial charge in [-0.05, 0) is 41.3 Å². The van der Waals surface area contributed by atoms with Crippen molar-refractivity contribution in [2.45, 2.75) is 6.92 Å². The number of rotatable bonds is 3. The van der Waals surface area contributed by atoms with Crippen molar-refractivity contribution in [1.29, 1.82) is 5.26 Å². The molecule has 0 saturated heterocycles. The van der Waals surface area contributed by atoms with Crippen LogP contribution in [0.1, 0.15) is 11.1 Å². The molecule has 0 atom stereocenters. The summed E-state index contributed by atoms with van der Waals surface area (Å²) in [6.45, 7) is 2.00. The first kappa shape index (κ1) is 21.7. The van der Waals surface area contributed by atoms with E-state index in [1.54, 1.807) is 11.6 Å². The Hall–Kier alpha value is -4.82. The fraction of sp³-hybridized carbons (Fsp3) is 0.0645. The van der Waals surface area contributed by atoms with Crippen molar-refractivity contribution < 1.29 is 13.4 Å². The molecular formula is C31H21FN3O+. The monoisotopic (exact) mass is 470 g/mol. The average Bonchev–Trinajstić information content (AvgIpc) is 3.28. The summed E-state index contributed by atoms with van der Waals surface area (Å²) >= 11 is 0. The summed E-state index contributed by atoms with van der Waals surface area (Å²) in [6.07, 6.45) is 2.87. The topological polar surface area (TPSA) is 53.7 Å². The highest BCUT2D eigenvalue weighted by atomic mass is 19.1. The molecule has 0 unspecified atom stereocenters. The van der Waals surface area contributed by atoms with Crippen LogP contribution in [0.5, 0.6) is 0 Å². The first-order valence-corrected chi connectivity index (χ1v) is 11.6. The van der Waals surface area contributed by atoms with Gasteiger partial charge in [-0.15, -0.1) is 0 Å². The SMILES string of the molecule is Cc1ccc2c(oc3c(-c4ccc(-c5ccccc5)cc4)c(C#N)ccc32)c1-c1cnc(F)c[n+]1C. The van der Waals surface area contributed by atoms with E-state index in [9.17, 15) is 9.65 Å². The molecule has 6 rings (SSSR count). The molecule has 36 heavy (non-hydrogen) atoms. The number of furan rings is 1. The summed E-state index contributed by atoms with van der Waals surface area (Å²) in [5.74, 6) is -0.546. The van der Waals surface area contributed by atoms with Crippen LogP contribution in [-0.2, 0) is 7.05 Å². The van der Waals surface area contributed by atoms with E-state index in [1.807, 2.05) is 61.5 Å². The zero-order chi connectivity index (χ0) is 24.8. The third-order valence-electron chi connectivity index (χ3n) is 6.67. The van der Waals surface area contributed by atoms with Gasteiger partial charge in [0.1, 0.15) is 24.4 Å². The van der Waals surface area contributed by atoms with Gasteiger partial charge in [-0.3, -0.25) is 0 Å². The second-order valence-corrected chi connectivity index (χ2v) is 8.86. The number of nitrogens with zero attached hydrogens (tertiary/aromatic N) is 3. The Morgan fingerprint density at radius 2 is 1.44 bits per heavy atom. The number of halogens is 1. The zero-order valence-electron chi connectivity index (χ0n) is 19.8. The van der Waals surface area contributed by atoms with Gasteiger partial charge in [0.2, 0.25) is 11.9 Å². The molecule has 2 heterocycles. The van der Waals surface area contributed by atoms with Crippen molar-refractivity contribution in [3.05, 3.63) is 108 Å². The third kappa shape index (κ3) is 3.43. The third-order valence-corrected chi connectivity index (χ3v) is 6.67. The van der Waals surface area contributed by atoms with Crippen LogP contribution in [0.3, 0.4) is 0 Å². The number of hydrogen-bond donors (Lipinski definition) is 0. The fourth-order valence-corrected chi connectivity index (χ4v) is 4.88. The molecule has 0 N–H and O–H groups in total. The van der Waals surface area contributed by atoms with Crippen LogP contribution in [0.25, 0.3) is 55.4 Å². The molecule has 0 fully saturated rings. The highest BCUT2D eigenvalue weighted by molar-refractivity contribution is 6.14. The van der Waals surface area contributed by atoms with E-state index >= 15 is 0 Å². The molecule has 4 nitrogen and oxygen atoms in total. The van der Waals surface area contributed by atoms with Crippen molar-refractivity contribution in [3.8, 4) is 39.6 Å². The quantitative estimate of drug-likeness (QED) is 0.259. The van der Waals surface area contributed by atoms with Gasteiger partial charge in [-0.1, -0.05) is 66.7 Å². The summed E-state index contributed by atoms with van der Waals surface area (Å²) in [4.78, 5) is 3.87. The maximum absolute atomic E-state index is 13.7. The van der Waals surface area contributed by atoms with Gasteiger partial charge >= 0.3 is 0 Å². The lowest BCUT2D eigenvalue weighted by Crippen LogP contribution is -2.32. The predicted molar refractivity (Wildman–Crippen MR) is 138 cm³/mol. The molecule has 2 aromatic heterocycles. The number of nitriles is 1. The second-order valence-electron chi connectivity index (χ2n) is 8.86. The van der Waals surface area contributed by atoms with Gasteiger partial charge in [0.05, 0.1) is 17.2 Å². The second kappa shape index (κ2) is 8.44. The van der Waals surface area contributed by atoms with Gasteiger partial charge in [-0.25, -0.2) is 4.98 Å². The highest BCUT2D eigenvalue weighted by Crippen LogP contribution is 2.42. The first-order chi connectivity index (χ1) is 17.5. The van der Waals surface area contributed by atoms with Crippen LogP contribution in [0.15, 0.2) is 95.7 Å². The number of benzene rings is 4. The maximum atomic E-state index is 13.7. The van der Waals surface area contributed by atoms with Crippen molar-refractivity contribution in [1.82, 2.24) is 4.98 Å². The van der Waals surface area contributed by atoms with Gasteiger partial charge in [-0.2, -0.15) is 14.2 Å². The minimum absolute atomic E-state index is 0.543. The van der Waals surface area contributed by atoms with E-state index in [1.165, 1.54) is 12.4 Å². The van der Waals surface area contributed by atoms with Crippen molar-refractivity contribution in [2.75, 3.05) is 0 Å². The lowest BCUT2D eigenvalue weighted by Gasteiger charge is -2.07. The molecular weight excluding hydrogens is 449 g/mol. The van der Waals surface area contributed by atoms with Gasteiger partial charge in [0.15, 0.2) is 0 Å². The largest absolute Gasteiger partial charge is 0.454 e.